The molecule has 1 unspecified atom stereocenters. The SMILES string of the molecule is CCN(CC)CC1CN(C(=O)CC2Cc3ccccc3C2)Cc2cncn21. The summed E-state index contributed by atoms with van der Waals surface area (Å²) in [6.07, 6.45) is 6.58. The number of imidazole rings is 1. The molecule has 2 heterocycles. The van der Waals surface area contributed by atoms with Gasteiger partial charge in [0.05, 0.1) is 24.6 Å². The third-order valence-electron chi connectivity index (χ3n) is 6.24. The van der Waals surface area contributed by atoms with E-state index in [9.17, 15) is 4.79 Å². The molecule has 2 aliphatic rings. The molecule has 1 aliphatic heterocycles. The van der Waals surface area contributed by atoms with Crippen LogP contribution in [-0.2, 0) is 24.2 Å². The van der Waals surface area contributed by atoms with E-state index in [1.54, 1.807) is 0 Å². The standard InChI is InChI=1S/C22H30N4O/c1-3-24(4-2)13-21-15-25(14-20-12-23-16-26(20)21)22(27)11-17-9-18-7-5-6-8-19(18)10-17/h5-8,12,16-17,21H,3-4,9-11,13-15H2,1-2H3. The van der Waals surface area contributed by atoms with Crippen molar-refractivity contribution in [1.82, 2.24) is 19.4 Å². The fraction of sp³-hybridized carbons (Fsp3) is 0.545. The minimum atomic E-state index is 0.292. The highest BCUT2D eigenvalue weighted by molar-refractivity contribution is 5.76. The Hall–Kier alpha value is -2.14. The van der Waals surface area contributed by atoms with Crippen LogP contribution in [0.25, 0.3) is 0 Å². The van der Waals surface area contributed by atoms with Crippen LogP contribution in [-0.4, -0.2) is 51.4 Å². The Morgan fingerprint density at radius 3 is 2.56 bits per heavy atom. The number of rotatable bonds is 6. The normalized spacial score (nSPS) is 19.4. The van der Waals surface area contributed by atoms with E-state index in [1.165, 1.54) is 11.1 Å². The largest absolute Gasteiger partial charge is 0.335 e. The molecule has 27 heavy (non-hydrogen) atoms. The zero-order valence-corrected chi connectivity index (χ0v) is 16.5. The third-order valence-corrected chi connectivity index (χ3v) is 6.24. The van der Waals surface area contributed by atoms with Gasteiger partial charge in [-0.1, -0.05) is 38.1 Å². The number of carbonyl (C=O) groups is 1. The highest BCUT2D eigenvalue weighted by Gasteiger charge is 2.31. The lowest BCUT2D eigenvalue weighted by molar-refractivity contribution is -0.134. The fourth-order valence-electron chi connectivity index (χ4n) is 4.67. The van der Waals surface area contributed by atoms with Crippen molar-refractivity contribution in [3.63, 3.8) is 0 Å². The summed E-state index contributed by atoms with van der Waals surface area (Å²) in [6.45, 7) is 8.90. The van der Waals surface area contributed by atoms with Crippen LogP contribution < -0.4 is 0 Å². The van der Waals surface area contributed by atoms with Gasteiger partial charge in [-0.25, -0.2) is 4.98 Å². The summed E-state index contributed by atoms with van der Waals surface area (Å²) >= 11 is 0. The molecule has 1 aromatic heterocycles. The monoisotopic (exact) mass is 366 g/mol. The first-order valence-corrected chi connectivity index (χ1v) is 10.3. The van der Waals surface area contributed by atoms with Crippen molar-refractivity contribution in [3.05, 3.63) is 53.6 Å². The fourth-order valence-corrected chi connectivity index (χ4v) is 4.67. The lowest BCUT2D eigenvalue weighted by atomic mass is 10.0. The molecule has 0 saturated heterocycles. The van der Waals surface area contributed by atoms with Gasteiger partial charge in [0.15, 0.2) is 0 Å². The Morgan fingerprint density at radius 1 is 1.19 bits per heavy atom. The third kappa shape index (κ3) is 3.79. The van der Waals surface area contributed by atoms with Gasteiger partial charge in [-0.15, -0.1) is 0 Å². The molecule has 5 nitrogen and oxygen atoms in total. The summed E-state index contributed by atoms with van der Waals surface area (Å²) in [6, 6.07) is 8.92. The van der Waals surface area contributed by atoms with Gasteiger partial charge in [0.25, 0.3) is 0 Å². The maximum absolute atomic E-state index is 13.1. The Kier molecular flexibility index (Phi) is 5.30. The Bertz CT molecular complexity index is 770. The molecule has 2 aromatic rings. The van der Waals surface area contributed by atoms with Gasteiger partial charge in [-0.05, 0) is 43.0 Å². The number of amides is 1. The van der Waals surface area contributed by atoms with Crippen molar-refractivity contribution < 1.29 is 4.79 Å². The molecule has 4 rings (SSSR count). The topological polar surface area (TPSA) is 41.4 Å². The van der Waals surface area contributed by atoms with Gasteiger partial charge in [0.2, 0.25) is 5.91 Å². The van der Waals surface area contributed by atoms with Gasteiger partial charge >= 0.3 is 0 Å². The van der Waals surface area contributed by atoms with Crippen molar-refractivity contribution in [2.24, 2.45) is 5.92 Å². The van der Waals surface area contributed by atoms with E-state index < -0.39 is 0 Å². The molecule has 144 valence electrons. The molecule has 1 aliphatic carbocycles. The maximum atomic E-state index is 13.1. The van der Waals surface area contributed by atoms with Crippen molar-refractivity contribution in [3.8, 4) is 0 Å². The molecule has 1 atom stereocenters. The Balaban J connectivity index is 1.42. The average molecular weight is 367 g/mol. The highest BCUT2D eigenvalue weighted by atomic mass is 16.2. The number of carbonyl (C=O) groups excluding carboxylic acids is 1. The van der Waals surface area contributed by atoms with Crippen LogP contribution in [0.15, 0.2) is 36.8 Å². The van der Waals surface area contributed by atoms with E-state index in [0.717, 1.165) is 44.7 Å². The lowest BCUT2D eigenvalue weighted by Crippen LogP contribution is -2.45. The molecule has 0 radical (unpaired) electrons. The predicted octanol–water partition coefficient (Wildman–Crippen LogP) is 2.91. The summed E-state index contributed by atoms with van der Waals surface area (Å²) in [5, 5.41) is 0. The number of hydrogen-bond donors (Lipinski definition) is 0. The predicted molar refractivity (Wildman–Crippen MR) is 106 cm³/mol. The number of benzene rings is 1. The van der Waals surface area contributed by atoms with E-state index in [2.05, 4.69) is 57.5 Å². The van der Waals surface area contributed by atoms with Gasteiger partial charge in [0, 0.05) is 25.7 Å². The zero-order chi connectivity index (χ0) is 18.8. The number of hydrogen-bond acceptors (Lipinski definition) is 3. The maximum Gasteiger partial charge on any atom is 0.223 e. The second kappa shape index (κ2) is 7.85. The zero-order valence-electron chi connectivity index (χ0n) is 16.5. The number of likely N-dealkylation sites (N-methyl/N-ethyl adjacent to an activating group) is 1. The van der Waals surface area contributed by atoms with E-state index in [4.69, 9.17) is 0 Å². The molecule has 1 aromatic carbocycles. The second-order valence-corrected chi connectivity index (χ2v) is 7.95. The van der Waals surface area contributed by atoms with Crippen molar-refractivity contribution in [2.45, 2.75) is 45.7 Å². The Labute approximate surface area is 162 Å². The van der Waals surface area contributed by atoms with Crippen LogP contribution in [0.3, 0.4) is 0 Å². The molecule has 1 amide bonds. The van der Waals surface area contributed by atoms with E-state index >= 15 is 0 Å². The van der Waals surface area contributed by atoms with Gasteiger partial charge in [-0.2, -0.15) is 0 Å². The molecule has 5 heteroatoms. The minimum Gasteiger partial charge on any atom is -0.335 e. The van der Waals surface area contributed by atoms with Crippen LogP contribution in [0, 0.1) is 5.92 Å². The summed E-state index contributed by atoms with van der Waals surface area (Å²) in [5.41, 5.74) is 4.00. The first-order valence-electron chi connectivity index (χ1n) is 10.3. The number of aromatic nitrogens is 2. The molecule has 0 saturated carbocycles. The summed E-state index contributed by atoms with van der Waals surface area (Å²) < 4.78 is 2.27. The van der Waals surface area contributed by atoms with Crippen molar-refractivity contribution in [1.29, 1.82) is 0 Å². The summed E-state index contributed by atoms with van der Waals surface area (Å²) in [5.74, 6) is 0.743. The molecule has 0 fully saturated rings. The molecular weight excluding hydrogens is 336 g/mol. The first-order chi connectivity index (χ1) is 13.2. The quantitative estimate of drug-likeness (QED) is 0.789. The van der Waals surface area contributed by atoms with Crippen LogP contribution >= 0.6 is 0 Å². The molecule has 0 bridgehead atoms. The van der Waals surface area contributed by atoms with Crippen LogP contribution in [0.5, 0.6) is 0 Å². The van der Waals surface area contributed by atoms with Gasteiger partial charge < -0.3 is 14.4 Å². The molecule has 0 spiro atoms. The van der Waals surface area contributed by atoms with Crippen molar-refractivity contribution in [2.75, 3.05) is 26.2 Å². The Morgan fingerprint density at radius 2 is 1.89 bits per heavy atom. The van der Waals surface area contributed by atoms with Crippen LogP contribution in [0.4, 0.5) is 0 Å². The highest BCUT2D eigenvalue weighted by Crippen LogP contribution is 2.30. The minimum absolute atomic E-state index is 0.292. The van der Waals surface area contributed by atoms with Crippen LogP contribution in [0.1, 0.15) is 43.1 Å². The van der Waals surface area contributed by atoms with Crippen molar-refractivity contribution >= 4 is 5.91 Å². The van der Waals surface area contributed by atoms with Crippen LogP contribution in [0.2, 0.25) is 0 Å². The average Bonchev–Trinajstić information content (AvgIpc) is 3.31. The second-order valence-electron chi connectivity index (χ2n) is 7.95. The van der Waals surface area contributed by atoms with Gasteiger partial charge in [-0.3, -0.25) is 4.79 Å². The molecular formula is C22H30N4O. The number of fused-ring (bicyclic) bond motifs is 2. The summed E-state index contributed by atoms with van der Waals surface area (Å²) in [7, 11) is 0. The van der Waals surface area contributed by atoms with Gasteiger partial charge in [0.1, 0.15) is 0 Å². The summed E-state index contributed by atoms with van der Waals surface area (Å²) in [4.78, 5) is 21.9. The van der Waals surface area contributed by atoms with E-state index in [0.29, 0.717) is 30.8 Å². The lowest BCUT2D eigenvalue weighted by Gasteiger charge is -2.37. The first kappa shape index (κ1) is 18.2. The van der Waals surface area contributed by atoms with E-state index in [-0.39, 0.29) is 0 Å². The molecule has 0 N–H and O–H groups in total. The smallest absolute Gasteiger partial charge is 0.223 e. The van der Waals surface area contributed by atoms with E-state index in [1.807, 2.05) is 12.5 Å². The number of nitrogens with zero attached hydrogens (tertiary/aromatic N) is 4.